The molecule has 20 heavy (non-hydrogen) atoms. The second-order valence-electron chi connectivity index (χ2n) is 5.13. The molecule has 2 rings (SSSR count). The van der Waals surface area contributed by atoms with Gasteiger partial charge in [0.1, 0.15) is 0 Å². The minimum Gasteiger partial charge on any atom is -0.361 e. The highest BCUT2D eigenvalue weighted by Crippen LogP contribution is 2.23. The molecule has 0 spiro atoms. The van der Waals surface area contributed by atoms with Gasteiger partial charge in [0.15, 0.2) is 5.13 Å². The predicted octanol–water partition coefficient (Wildman–Crippen LogP) is 2.76. The van der Waals surface area contributed by atoms with Gasteiger partial charge in [-0.1, -0.05) is 13.8 Å². The van der Waals surface area contributed by atoms with Gasteiger partial charge in [0.25, 0.3) is 5.56 Å². The molecule has 0 unspecified atom stereocenters. The van der Waals surface area contributed by atoms with Gasteiger partial charge < -0.3 is 5.32 Å². The fraction of sp³-hybridized carbons (Fsp3) is 0.500. The zero-order valence-corrected chi connectivity index (χ0v) is 13.1. The van der Waals surface area contributed by atoms with E-state index in [1.807, 2.05) is 19.2 Å². The van der Waals surface area contributed by atoms with Crippen molar-refractivity contribution in [1.82, 2.24) is 14.8 Å². The molecular formula is C14H20N4OS. The van der Waals surface area contributed by atoms with Crippen molar-refractivity contribution in [2.45, 2.75) is 34.2 Å². The number of aryl methyl sites for hydroxylation is 2. The van der Waals surface area contributed by atoms with Crippen molar-refractivity contribution in [3.05, 3.63) is 27.5 Å². The van der Waals surface area contributed by atoms with E-state index in [1.54, 1.807) is 6.07 Å². The smallest absolute Gasteiger partial charge is 0.276 e. The Labute approximate surface area is 122 Å². The summed E-state index contributed by atoms with van der Waals surface area (Å²) in [6.45, 7) is 9.53. The van der Waals surface area contributed by atoms with Gasteiger partial charge in [0, 0.05) is 18.5 Å². The Hall–Kier alpha value is -1.69. The fourth-order valence-corrected chi connectivity index (χ4v) is 2.56. The minimum atomic E-state index is -0.0844. The molecule has 1 N–H and O–H groups in total. The number of hydrogen-bond acceptors (Lipinski definition) is 5. The van der Waals surface area contributed by atoms with Gasteiger partial charge in [0.2, 0.25) is 0 Å². The highest BCUT2D eigenvalue weighted by molar-refractivity contribution is 7.14. The lowest BCUT2D eigenvalue weighted by atomic mass is 10.2. The van der Waals surface area contributed by atoms with E-state index in [9.17, 15) is 4.79 Å². The Kier molecular flexibility index (Phi) is 4.54. The third-order valence-corrected chi connectivity index (χ3v) is 3.64. The number of aromatic nitrogens is 3. The lowest BCUT2D eigenvalue weighted by Crippen LogP contribution is -2.24. The molecule has 0 radical (unpaired) electrons. The molecule has 0 atom stereocenters. The van der Waals surface area contributed by atoms with Gasteiger partial charge >= 0.3 is 0 Å². The molecule has 0 saturated carbocycles. The van der Waals surface area contributed by atoms with Crippen molar-refractivity contribution in [2.75, 3.05) is 11.9 Å². The summed E-state index contributed by atoms with van der Waals surface area (Å²) in [4.78, 5) is 16.8. The van der Waals surface area contributed by atoms with Gasteiger partial charge in [-0.3, -0.25) is 4.79 Å². The molecule has 0 bridgehead atoms. The van der Waals surface area contributed by atoms with E-state index < -0.39 is 0 Å². The van der Waals surface area contributed by atoms with E-state index in [2.05, 4.69) is 29.2 Å². The molecule has 0 aliphatic carbocycles. The van der Waals surface area contributed by atoms with E-state index in [0.29, 0.717) is 18.0 Å². The van der Waals surface area contributed by atoms with Crippen LogP contribution in [0.15, 0.2) is 16.2 Å². The van der Waals surface area contributed by atoms with Crippen LogP contribution in [-0.4, -0.2) is 21.3 Å². The molecule has 0 aliphatic rings. The number of anilines is 1. The van der Waals surface area contributed by atoms with Crippen LogP contribution in [0, 0.1) is 12.8 Å². The van der Waals surface area contributed by atoms with Gasteiger partial charge in [-0.2, -0.15) is 5.10 Å². The molecule has 108 valence electrons. The second-order valence-corrected chi connectivity index (χ2v) is 5.99. The first-order valence-electron chi connectivity index (χ1n) is 6.79. The standard InChI is InChI=1S/C14H20N4OS/c1-5-18-13(19)11(6-10(4)17-18)12-8-20-14(16-12)15-7-9(2)3/h6,8-9H,5,7H2,1-4H3,(H,15,16). The molecule has 2 aromatic heterocycles. The van der Waals surface area contributed by atoms with E-state index in [-0.39, 0.29) is 5.56 Å². The van der Waals surface area contributed by atoms with E-state index in [1.165, 1.54) is 16.0 Å². The Morgan fingerprint density at radius 3 is 2.85 bits per heavy atom. The van der Waals surface area contributed by atoms with Crippen molar-refractivity contribution in [3.63, 3.8) is 0 Å². The Morgan fingerprint density at radius 2 is 2.20 bits per heavy atom. The van der Waals surface area contributed by atoms with Crippen molar-refractivity contribution in [2.24, 2.45) is 5.92 Å². The van der Waals surface area contributed by atoms with Crippen molar-refractivity contribution in [1.29, 1.82) is 0 Å². The topological polar surface area (TPSA) is 59.8 Å². The zero-order valence-electron chi connectivity index (χ0n) is 12.3. The van der Waals surface area contributed by atoms with Crippen LogP contribution in [0.4, 0.5) is 5.13 Å². The number of hydrogen-bond donors (Lipinski definition) is 1. The molecule has 5 nitrogen and oxygen atoms in total. The van der Waals surface area contributed by atoms with Crippen LogP contribution >= 0.6 is 11.3 Å². The van der Waals surface area contributed by atoms with E-state index in [0.717, 1.165) is 23.1 Å². The molecule has 2 aromatic rings. The minimum absolute atomic E-state index is 0.0844. The largest absolute Gasteiger partial charge is 0.361 e. The summed E-state index contributed by atoms with van der Waals surface area (Å²) >= 11 is 1.52. The van der Waals surface area contributed by atoms with Crippen molar-refractivity contribution < 1.29 is 0 Å². The molecule has 6 heteroatoms. The number of thiazole rings is 1. The van der Waals surface area contributed by atoms with Gasteiger partial charge in [-0.15, -0.1) is 11.3 Å². The second kappa shape index (κ2) is 6.17. The summed E-state index contributed by atoms with van der Waals surface area (Å²) < 4.78 is 1.48. The first-order valence-corrected chi connectivity index (χ1v) is 7.67. The van der Waals surface area contributed by atoms with Crippen molar-refractivity contribution in [3.8, 4) is 11.3 Å². The van der Waals surface area contributed by atoms with E-state index >= 15 is 0 Å². The maximum absolute atomic E-state index is 12.3. The molecule has 0 aromatic carbocycles. The van der Waals surface area contributed by atoms with Crippen LogP contribution in [0.1, 0.15) is 26.5 Å². The van der Waals surface area contributed by atoms with Crippen LogP contribution < -0.4 is 10.9 Å². The summed E-state index contributed by atoms with van der Waals surface area (Å²) in [6.07, 6.45) is 0. The van der Waals surface area contributed by atoms with Gasteiger partial charge in [-0.25, -0.2) is 9.67 Å². The number of rotatable bonds is 5. The highest BCUT2D eigenvalue weighted by atomic mass is 32.1. The fourth-order valence-electron chi connectivity index (χ4n) is 1.84. The molecular weight excluding hydrogens is 272 g/mol. The van der Waals surface area contributed by atoms with Crippen molar-refractivity contribution >= 4 is 16.5 Å². The summed E-state index contributed by atoms with van der Waals surface area (Å²) in [5, 5.41) is 10.3. The normalized spacial score (nSPS) is 11.1. The first kappa shape index (κ1) is 14.7. The third kappa shape index (κ3) is 3.25. The highest BCUT2D eigenvalue weighted by Gasteiger charge is 2.11. The third-order valence-electron chi connectivity index (χ3n) is 2.84. The number of nitrogens with one attached hydrogen (secondary N) is 1. The first-order chi connectivity index (χ1) is 9.51. The summed E-state index contributed by atoms with van der Waals surface area (Å²) in [5.74, 6) is 0.558. The lowest BCUT2D eigenvalue weighted by molar-refractivity contribution is 0.607. The number of nitrogens with zero attached hydrogens (tertiary/aromatic N) is 3. The monoisotopic (exact) mass is 292 g/mol. The Balaban J connectivity index is 2.33. The van der Waals surface area contributed by atoms with Crippen LogP contribution in [0.25, 0.3) is 11.3 Å². The SMILES string of the molecule is CCn1nc(C)cc(-c2csc(NCC(C)C)n2)c1=O. The molecule has 0 saturated heterocycles. The van der Waals surface area contributed by atoms with E-state index in [4.69, 9.17) is 0 Å². The quantitative estimate of drug-likeness (QED) is 0.920. The van der Waals surface area contributed by atoms with Crippen LogP contribution in [0.2, 0.25) is 0 Å². The summed E-state index contributed by atoms with van der Waals surface area (Å²) in [6, 6.07) is 1.80. The van der Waals surface area contributed by atoms with Gasteiger partial charge in [-0.05, 0) is 25.8 Å². The zero-order chi connectivity index (χ0) is 14.7. The average Bonchev–Trinajstić information content (AvgIpc) is 2.87. The van der Waals surface area contributed by atoms with Gasteiger partial charge in [0.05, 0.1) is 17.0 Å². The lowest BCUT2D eigenvalue weighted by Gasteiger charge is -2.06. The maximum Gasteiger partial charge on any atom is 0.276 e. The molecule has 0 amide bonds. The predicted molar refractivity (Wildman–Crippen MR) is 83.3 cm³/mol. The molecule has 0 fully saturated rings. The van der Waals surface area contributed by atoms with Crippen LogP contribution in [-0.2, 0) is 6.54 Å². The summed E-state index contributed by atoms with van der Waals surface area (Å²) in [5.41, 5.74) is 2.08. The summed E-state index contributed by atoms with van der Waals surface area (Å²) in [7, 11) is 0. The maximum atomic E-state index is 12.3. The van der Waals surface area contributed by atoms with Crippen LogP contribution in [0.5, 0.6) is 0 Å². The Bertz CT molecular complexity index is 645. The molecule has 0 aliphatic heterocycles. The molecule has 2 heterocycles. The average molecular weight is 292 g/mol. The van der Waals surface area contributed by atoms with Crippen LogP contribution in [0.3, 0.4) is 0 Å². The Morgan fingerprint density at radius 1 is 1.45 bits per heavy atom.